The normalized spacial score (nSPS) is 28.1. The highest BCUT2D eigenvalue weighted by atomic mass is 15.2. The molecule has 0 aliphatic carbocycles. The Balaban J connectivity index is 1.82. The van der Waals surface area contributed by atoms with E-state index < -0.39 is 0 Å². The number of hydrogen-bond acceptors (Lipinski definition) is 4. The zero-order valence-electron chi connectivity index (χ0n) is 13.5. The lowest BCUT2D eigenvalue weighted by Crippen LogP contribution is -2.49. The van der Waals surface area contributed by atoms with Gasteiger partial charge in [0, 0.05) is 36.4 Å². The SMILES string of the molecule is CCCN(c1cc(C(C)C)ncn1)C1CC2CCC(C1)N2. The minimum atomic E-state index is 0.458. The van der Waals surface area contributed by atoms with Gasteiger partial charge in [0.25, 0.3) is 0 Å². The quantitative estimate of drug-likeness (QED) is 0.904. The molecule has 21 heavy (non-hydrogen) atoms. The van der Waals surface area contributed by atoms with Crippen LogP contribution in [0.15, 0.2) is 12.4 Å². The second-order valence-electron chi connectivity index (χ2n) is 6.91. The van der Waals surface area contributed by atoms with Gasteiger partial charge in [0.05, 0.1) is 0 Å². The van der Waals surface area contributed by atoms with Gasteiger partial charge in [-0.1, -0.05) is 20.8 Å². The number of hydrogen-bond donors (Lipinski definition) is 1. The molecule has 1 N–H and O–H groups in total. The van der Waals surface area contributed by atoms with Gasteiger partial charge in [-0.25, -0.2) is 9.97 Å². The van der Waals surface area contributed by atoms with Crippen LogP contribution in [0.2, 0.25) is 0 Å². The van der Waals surface area contributed by atoms with E-state index in [2.05, 4.69) is 47.0 Å². The van der Waals surface area contributed by atoms with E-state index >= 15 is 0 Å². The Morgan fingerprint density at radius 1 is 1.24 bits per heavy atom. The number of rotatable bonds is 5. The van der Waals surface area contributed by atoms with E-state index in [-0.39, 0.29) is 0 Å². The topological polar surface area (TPSA) is 41.1 Å². The summed E-state index contributed by atoms with van der Waals surface area (Å²) in [5, 5.41) is 3.74. The lowest BCUT2D eigenvalue weighted by molar-refractivity contribution is 0.345. The highest BCUT2D eigenvalue weighted by Crippen LogP contribution is 2.32. The Labute approximate surface area is 128 Å². The molecule has 2 bridgehead atoms. The summed E-state index contributed by atoms with van der Waals surface area (Å²) in [6.45, 7) is 7.74. The average Bonchev–Trinajstić information content (AvgIpc) is 2.83. The van der Waals surface area contributed by atoms with Gasteiger partial charge in [-0.15, -0.1) is 0 Å². The van der Waals surface area contributed by atoms with E-state index in [0.29, 0.717) is 12.0 Å². The lowest BCUT2D eigenvalue weighted by Gasteiger charge is -2.38. The van der Waals surface area contributed by atoms with Crippen molar-refractivity contribution in [3.05, 3.63) is 18.1 Å². The first-order valence-corrected chi connectivity index (χ1v) is 8.52. The minimum absolute atomic E-state index is 0.458. The molecular weight excluding hydrogens is 260 g/mol. The molecule has 2 saturated heterocycles. The zero-order valence-corrected chi connectivity index (χ0v) is 13.5. The molecule has 2 aliphatic rings. The molecular formula is C17H28N4. The number of nitrogens with one attached hydrogen (secondary N) is 1. The van der Waals surface area contributed by atoms with Crippen molar-refractivity contribution in [1.29, 1.82) is 0 Å². The molecule has 116 valence electrons. The van der Waals surface area contributed by atoms with Gasteiger partial charge in [-0.2, -0.15) is 0 Å². The highest BCUT2D eigenvalue weighted by molar-refractivity contribution is 5.41. The van der Waals surface area contributed by atoms with Crippen molar-refractivity contribution in [1.82, 2.24) is 15.3 Å². The van der Waals surface area contributed by atoms with Crippen LogP contribution < -0.4 is 10.2 Å². The molecule has 4 nitrogen and oxygen atoms in total. The Bertz CT molecular complexity index is 462. The zero-order chi connectivity index (χ0) is 14.8. The molecule has 0 radical (unpaired) electrons. The maximum absolute atomic E-state index is 4.58. The Morgan fingerprint density at radius 2 is 1.95 bits per heavy atom. The molecule has 2 aliphatic heterocycles. The standard InChI is InChI=1S/C17H28N4/c1-4-7-21(15-8-13-5-6-14(9-15)20-13)17-10-16(12(2)3)18-11-19-17/h10-15,20H,4-9H2,1-3H3. The summed E-state index contributed by atoms with van der Waals surface area (Å²) in [6, 6.07) is 4.28. The summed E-state index contributed by atoms with van der Waals surface area (Å²) in [6.07, 6.45) is 8.13. The molecule has 0 aromatic carbocycles. The van der Waals surface area contributed by atoms with Crippen LogP contribution in [0.3, 0.4) is 0 Å². The van der Waals surface area contributed by atoms with Crippen LogP contribution >= 0.6 is 0 Å². The monoisotopic (exact) mass is 288 g/mol. The molecule has 0 amide bonds. The molecule has 3 rings (SSSR count). The first kappa shape index (κ1) is 14.8. The number of fused-ring (bicyclic) bond motifs is 2. The molecule has 2 fully saturated rings. The summed E-state index contributed by atoms with van der Waals surface area (Å²) >= 11 is 0. The number of anilines is 1. The summed E-state index contributed by atoms with van der Waals surface area (Å²) in [4.78, 5) is 11.5. The van der Waals surface area contributed by atoms with Gasteiger partial charge < -0.3 is 10.2 Å². The van der Waals surface area contributed by atoms with Gasteiger partial charge in [-0.05, 0) is 38.0 Å². The maximum Gasteiger partial charge on any atom is 0.132 e. The molecule has 0 saturated carbocycles. The third kappa shape index (κ3) is 3.20. The summed E-state index contributed by atoms with van der Waals surface area (Å²) in [5.74, 6) is 1.58. The molecule has 3 heterocycles. The number of nitrogens with zero attached hydrogens (tertiary/aromatic N) is 3. The predicted octanol–water partition coefficient (Wildman–Crippen LogP) is 3.10. The third-order valence-corrected chi connectivity index (χ3v) is 4.91. The van der Waals surface area contributed by atoms with Crippen molar-refractivity contribution < 1.29 is 0 Å². The third-order valence-electron chi connectivity index (χ3n) is 4.91. The molecule has 4 heteroatoms. The van der Waals surface area contributed by atoms with E-state index in [9.17, 15) is 0 Å². The van der Waals surface area contributed by atoms with E-state index in [1.807, 2.05) is 0 Å². The molecule has 0 spiro atoms. The fourth-order valence-electron chi connectivity index (χ4n) is 3.84. The molecule has 1 aromatic heterocycles. The van der Waals surface area contributed by atoms with Crippen LogP contribution in [0.25, 0.3) is 0 Å². The van der Waals surface area contributed by atoms with Crippen LogP contribution in [-0.4, -0.2) is 34.6 Å². The van der Waals surface area contributed by atoms with Crippen LogP contribution in [-0.2, 0) is 0 Å². The van der Waals surface area contributed by atoms with Crippen molar-refractivity contribution in [3.63, 3.8) is 0 Å². The molecule has 2 atom stereocenters. The van der Waals surface area contributed by atoms with Crippen molar-refractivity contribution in [2.24, 2.45) is 0 Å². The van der Waals surface area contributed by atoms with Crippen LogP contribution in [0, 0.1) is 0 Å². The van der Waals surface area contributed by atoms with Gasteiger partial charge in [0.1, 0.15) is 12.1 Å². The van der Waals surface area contributed by atoms with E-state index in [4.69, 9.17) is 0 Å². The Kier molecular flexibility index (Phi) is 4.43. The average molecular weight is 288 g/mol. The van der Waals surface area contributed by atoms with Crippen LogP contribution in [0.5, 0.6) is 0 Å². The van der Waals surface area contributed by atoms with Gasteiger partial charge >= 0.3 is 0 Å². The van der Waals surface area contributed by atoms with Gasteiger partial charge in [0.2, 0.25) is 0 Å². The Hall–Kier alpha value is -1.16. The Morgan fingerprint density at radius 3 is 2.57 bits per heavy atom. The first-order chi connectivity index (χ1) is 10.2. The number of piperidine rings is 1. The lowest BCUT2D eigenvalue weighted by atomic mass is 9.97. The molecule has 2 unspecified atom stereocenters. The summed E-state index contributed by atoms with van der Waals surface area (Å²) in [7, 11) is 0. The minimum Gasteiger partial charge on any atom is -0.353 e. The second kappa shape index (κ2) is 6.30. The van der Waals surface area contributed by atoms with E-state index in [1.54, 1.807) is 6.33 Å². The smallest absolute Gasteiger partial charge is 0.132 e. The first-order valence-electron chi connectivity index (χ1n) is 8.52. The van der Waals surface area contributed by atoms with Crippen molar-refractivity contribution in [2.75, 3.05) is 11.4 Å². The summed E-state index contributed by atoms with van der Waals surface area (Å²) in [5.41, 5.74) is 1.15. The predicted molar refractivity (Wildman–Crippen MR) is 86.7 cm³/mol. The fourth-order valence-corrected chi connectivity index (χ4v) is 3.84. The van der Waals surface area contributed by atoms with Crippen LogP contribution in [0.1, 0.15) is 64.5 Å². The van der Waals surface area contributed by atoms with Crippen molar-refractivity contribution in [3.8, 4) is 0 Å². The summed E-state index contributed by atoms with van der Waals surface area (Å²) < 4.78 is 0. The highest BCUT2D eigenvalue weighted by Gasteiger charge is 2.36. The van der Waals surface area contributed by atoms with E-state index in [0.717, 1.165) is 30.1 Å². The second-order valence-corrected chi connectivity index (χ2v) is 6.91. The maximum atomic E-state index is 4.58. The van der Waals surface area contributed by atoms with Gasteiger partial charge in [-0.3, -0.25) is 0 Å². The van der Waals surface area contributed by atoms with Crippen LogP contribution in [0.4, 0.5) is 5.82 Å². The van der Waals surface area contributed by atoms with Gasteiger partial charge in [0.15, 0.2) is 0 Å². The largest absolute Gasteiger partial charge is 0.353 e. The number of aromatic nitrogens is 2. The van der Waals surface area contributed by atoms with Crippen molar-refractivity contribution in [2.45, 2.75) is 76.9 Å². The fraction of sp³-hybridized carbons (Fsp3) is 0.765. The van der Waals surface area contributed by atoms with Crippen molar-refractivity contribution >= 4 is 5.82 Å². The molecule has 1 aromatic rings. The van der Waals surface area contributed by atoms with E-state index in [1.165, 1.54) is 32.1 Å².